The molecule has 1 unspecified atom stereocenters. The summed E-state index contributed by atoms with van der Waals surface area (Å²) in [5.41, 5.74) is 2.38. The Hall–Kier alpha value is -1.62. The van der Waals surface area contributed by atoms with Crippen LogP contribution in [0, 0.1) is 19.8 Å². The number of imidazole rings is 1. The molecule has 0 aromatic carbocycles. The van der Waals surface area contributed by atoms with Gasteiger partial charge in [0.15, 0.2) is 0 Å². The molecule has 2 aromatic heterocycles. The summed E-state index contributed by atoms with van der Waals surface area (Å²) < 4.78 is 2.19. The van der Waals surface area contributed by atoms with Crippen LogP contribution in [0.4, 0.5) is 0 Å². The zero-order valence-corrected chi connectivity index (χ0v) is 11.3. The Kier molecular flexibility index (Phi) is 4.15. The van der Waals surface area contributed by atoms with Crippen LogP contribution in [0.2, 0.25) is 0 Å². The molecule has 1 atom stereocenters. The lowest BCUT2D eigenvalue weighted by Crippen LogP contribution is -2.24. The zero-order valence-electron chi connectivity index (χ0n) is 11.3. The number of rotatable bonds is 6. The maximum Gasteiger partial charge on any atom is 0.105 e. The van der Waals surface area contributed by atoms with E-state index in [9.17, 15) is 0 Å². The minimum Gasteiger partial charge on any atom is -0.335 e. The molecule has 2 N–H and O–H groups in total. The van der Waals surface area contributed by atoms with E-state index in [1.54, 1.807) is 0 Å². The first-order valence-corrected chi connectivity index (χ1v) is 6.34. The molecule has 5 heteroatoms. The molecule has 0 aliphatic carbocycles. The Balaban J connectivity index is 1.74. The molecule has 0 radical (unpaired) electrons. The normalized spacial score (nSPS) is 12.8. The maximum atomic E-state index is 4.23. The Morgan fingerprint density at radius 1 is 1.44 bits per heavy atom. The minimum absolute atomic E-state index is 0.574. The van der Waals surface area contributed by atoms with Crippen LogP contribution in [0.1, 0.15) is 24.0 Å². The van der Waals surface area contributed by atoms with Crippen LogP contribution < -0.4 is 5.32 Å². The van der Waals surface area contributed by atoms with Gasteiger partial charge in [-0.15, -0.1) is 0 Å². The van der Waals surface area contributed by atoms with Gasteiger partial charge in [0.05, 0.1) is 6.20 Å². The van der Waals surface area contributed by atoms with Crippen LogP contribution in [-0.2, 0) is 13.1 Å². The van der Waals surface area contributed by atoms with Crippen molar-refractivity contribution in [2.45, 2.75) is 33.9 Å². The molecule has 0 spiro atoms. The summed E-state index contributed by atoms with van der Waals surface area (Å²) in [5.74, 6) is 1.65. The highest BCUT2D eigenvalue weighted by atomic mass is 15.1. The summed E-state index contributed by atoms with van der Waals surface area (Å²) in [6.07, 6.45) is 5.77. The standard InChI is InChI=1S/C13H21N5/c1-10(9-18-5-4-15-12(18)3)6-14-7-13-8-16-17-11(13)2/h4-5,8,10,14H,6-7,9H2,1-3H3,(H,16,17). The lowest BCUT2D eigenvalue weighted by molar-refractivity contribution is 0.440. The van der Waals surface area contributed by atoms with Crippen LogP contribution in [-0.4, -0.2) is 26.3 Å². The van der Waals surface area contributed by atoms with Crippen molar-refractivity contribution in [1.29, 1.82) is 0 Å². The molecular weight excluding hydrogens is 226 g/mol. The Labute approximate surface area is 108 Å². The van der Waals surface area contributed by atoms with E-state index in [1.165, 1.54) is 5.56 Å². The first kappa shape index (κ1) is 12.8. The predicted octanol–water partition coefficient (Wildman–Crippen LogP) is 1.65. The molecule has 0 saturated carbocycles. The first-order chi connectivity index (χ1) is 8.66. The van der Waals surface area contributed by atoms with Crippen molar-refractivity contribution < 1.29 is 0 Å². The molecule has 0 aliphatic rings. The monoisotopic (exact) mass is 247 g/mol. The molecule has 0 saturated heterocycles. The molecule has 18 heavy (non-hydrogen) atoms. The Morgan fingerprint density at radius 2 is 2.28 bits per heavy atom. The van der Waals surface area contributed by atoms with Crippen LogP contribution in [0.25, 0.3) is 0 Å². The van der Waals surface area contributed by atoms with E-state index in [1.807, 2.05) is 32.4 Å². The van der Waals surface area contributed by atoms with Crippen molar-refractivity contribution in [3.8, 4) is 0 Å². The van der Waals surface area contributed by atoms with E-state index in [4.69, 9.17) is 0 Å². The fourth-order valence-electron chi connectivity index (χ4n) is 2.00. The fourth-order valence-corrected chi connectivity index (χ4v) is 2.00. The molecule has 0 amide bonds. The summed E-state index contributed by atoms with van der Waals surface area (Å²) in [5, 5.41) is 10.4. The molecule has 2 heterocycles. The average molecular weight is 247 g/mol. The summed E-state index contributed by atoms with van der Waals surface area (Å²) in [6.45, 7) is 9.19. The number of aromatic nitrogens is 4. The number of hydrogen-bond donors (Lipinski definition) is 2. The maximum absolute atomic E-state index is 4.23. The smallest absolute Gasteiger partial charge is 0.105 e. The van der Waals surface area contributed by atoms with E-state index in [2.05, 4.69) is 32.0 Å². The van der Waals surface area contributed by atoms with Gasteiger partial charge in [-0.1, -0.05) is 6.92 Å². The molecule has 0 fully saturated rings. The van der Waals surface area contributed by atoms with Gasteiger partial charge in [0.1, 0.15) is 5.82 Å². The average Bonchev–Trinajstić information content (AvgIpc) is 2.90. The van der Waals surface area contributed by atoms with Crippen molar-refractivity contribution >= 4 is 0 Å². The highest BCUT2D eigenvalue weighted by Gasteiger charge is 2.06. The highest BCUT2D eigenvalue weighted by molar-refractivity contribution is 5.13. The quantitative estimate of drug-likeness (QED) is 0.816. The lowest BCUT2D eigenvalue weighted by Gasteiger charge is -2.14. The van der Waals surface area contributed by atoms with Gasteiger partial charge < -0.3 is 9.88 Å². The first-order valence-electron chi connectivity index (χ1n) is 6.34. The predicted molar refractivity (Wildman–Crippen MR) is 71.2 cm³/mol. The van der Waals surface area contributed by atoms with Crippen LogP contribution in [0.3, 0.4) is 0 Å². The number of aromatic amines is 1. The minimum atomic E-state index is 0.574. The second-order valence-electron chi connectivity index (χ2n) is 4.88. The number of hydrogen-bond acceptors (Lipinski definition) is 3. The summed E-state index contributed by atoms with van der Waals surface area (Å²) in [4.78, 5) is 4.23. The largest absolute Gasteiger partial charge is 0.335 e. The van der Waals surface area contributed by atoms with Crippen molar-refractivity contribution in [2.24, 2.45) is 5.92 Å². The second-order valence-corrected chi connectivity index (χ2v) is 4.88. The summed E-state index contributed by atoms with van der Waals surface area (Å²) in [7, 11) is 0. The Morgan fingerprint density at radius 3 is 2.89 bits per heavy atom. The fraction of sp³-hybridized carbons (Fsp3) is 0.538. The van der Waals surface area contributed by atoms with Crippen molar-refractivity contribution in [3.63, 3.8) is 0 Å². The molecule has 2 rings (SSSR count). The Bertz CT molecular complexity index is 485. The summed E-state index contributed by atoms with van der Waals surface area (Å²) >= 11 is 0. The van der Waals surface area contributed by atoms with Gasteiger partial charge in [0, 0.05) is 36.7 Å². The second kappa shape index (κ2) is 5.82. The van der Waals surface area contributed by atoms with Gasteiger partial charge >= 0.3 is 0 Å². The van der Waals surface area contributed by atoms with E-state index < -0.39 is 0 Å². The van der Waals surface area contributed by atoms with Crippen LogP contribution in [0.5, 0.6) is 0 Å². The third-order valence-corrected chi connectivity index (χ3v) is 3.17. The SMILES string of the molecule is Cc1[nH]ncc1CNCC(C)Cn1ccnc1C. The molecular formula is C13H21N5. The van der Waals surface area contributed by atoms with E-state index in [0.29, 0.717) is 5.92 Å². The van der Waals surface area contributed by atoms with Gasteiger partial charge in [-0.05, 0) is 26.3 Å². The van der Waals surface area contributed by atoms with Crippen molar-refractivity contribution in [3.05, 3.63) is 35.7 Å². The summed E-state index contributed by atoms with van der Waals surface area (Å²) in [6, 6.07) is 0. The molecule has 98 valence electrons. The molecule has 0 bridgehead atoms. The van der Waals surface area contributed by atoms with Crippen LogP contribution in [0.15, 0.2) is 18.6 Å². The highest BCUT2D eigenvalue weighted by Crippen LogP contribution is 2.05. The third kappa shape index (κ3) is 3.20. The molecule has 2 aromatic rings. The van der Waals surface area contributed by atoms with E-state index in [-0.39, 0.29) is 0 Å². The number of aryl methyl sites for hydroxylation is 2. The van der Waals surface area contributed by atoms with E-state index >= 15 is 0 Å². The molecule has 5 nitrogen and oxygen atoms in total. The zero-order chi connectivity index (χ0) is 13.0. The number of nitrogens with one attached hydrogen (secondary N) is 2. The van der Waals surface area contributed by atoms with Gasteiger partial charge in [-0.2, -0.15) is 5.10 Å². The third-order valence-electron chi connectivity index (χ3n) is 3.17. The van der Waals surface area contributed by atoms with Gasteiger partial charge in [-0.3, -0.25) is 5.10 Å². The molecule has 0 aliphatic heterocycles. The van der Waals surface area contributed by atoms with Gasteiger partial charge in [0.25, 0.3) is 0 Å². The van der Waals surface area contributed by atoms with Crippen molar-refractivity contribution in [2.75, 3.05) is 6.54 Å². The van der Waals surface area contributed by atoms with Gasteiger partial charge in [-0.25, -0.2) is 4.98 Å². The number of H-pyrrole nitrogens is 1. The number of nitrogens with zero attached hydrogens (tertiary/aromatic N) is 3. The van der Waals surface area contributed by atoms with Gasteiger partial charge in [0.2, 0.25) is 0 Å². The van der Waals surface area contributed by atoms with Crippen LogP contribution >= 0.6 is 0 Å². The lowest BCUT2D eigenvalue weighted by atomic mass is 10.1. The van der Waals surface area contributed by atoms with E-state index in [0.717, 1.165) is 31.2 Å². The van der Waals surface area contributed by atoms with Crippen molar-refractivity contribution in [1.82, 2.24) is 25.1 Å². The topological polar surface area (TPSA) is 58.5 Å².